The summed E-state index contributed by atoms with van der Waals surface area (Å²) in [6.07, 6.45) is 8.74. The first-order valence-corrected chi connectivity index (χ1v) is 10.3. The van der Waals surface area contributed by atoms with Crippen LogP contribution in [0.5, 0.6) is 5.75 Å². The molecule has 0 atom stereocenters. The van der Waals surface area contributed by atoms with E-state index in [9.17, 15) is 9.18 Å². The van der Waals surface area contributed by atoms with Gasteiger partial charge in [0.05, 0.1) is 6.26 Å². The lowest BCUT2D eigenvalue weighted by Crippen LogP contribution is -2.49. The van der Waals surface area contributed by atoms with Gasteiger partial charge in [-0.05, 0) is 56.0 Å². The van der Waals surface area contributed by atoms with Gasteiger partial charge in [0.2, 0.25) is 5.91 Å². The average molecular weight is 398 g/mol. The monoisotopic (exact) mass is 398 g/mol. The molecule has 2 saturated heterocycles. The number of hydrogen-bond donors (Lipinski definition) is 0. The third-order valence-electron chi connectivity index (χ3n) is 5.83. The zero-order chi connectivity index (χ0) is 20.1. The van der Waals surface area contributed by atoms with Crippen molar-refractivity contribution in [2.45, 2.75) is 37.8 Å². The third-order valence-corrected chi connectivity index (χ3v) is 5.83. The minimum Gasteiger partial charge on any atom is -0.487 e. The highest BCUT2D eigenvalue weighted by atomic mass is 19.1. The molecule has 29 heavy (non-hydrogen) atoms. The predicted molar refractivity (Wildman–Crippen MR) is 109 cm³/mol. The molecular weight excluding hydrogens is 371 g/mol. The lowest BCUT2D eigenvalue weighted by molar-refractivity contribution is -0.127. The molecule has 0 bridgehead atoms. The Hall–Kier alpha value is -2.60. The molecule has 3 heterocycles. The van der Waals surface area contributed by atoms with Gasteiger partial charge >= 0.3 is 0 Å². The van der Waals surface area contributed by atoms with Crippen LogP contribution in [-0.2, 0) is 4.79 Å². The van der Waals surface area contributed by atoms with E-state index in [4.69, 9.17) is 9.15 Å². The summed E-state index contributed by atoms with van der Waals surface area (Å²) < 4.78 is 24.9. The molecule has 0 saturated carbocycles. The maximum Gasteiger partial charge on any atom is 0.246 e. The number of nitrogens with zero attached hydrogens (tertiary/aromatic N) is 2. The summed E-state index contributed by atoms with van der Waals surface area (Å²) in [6.45, 7) is 3.46. The van der Waals surface area contributed by atoms with Crippen molar-refractivity contribution in [1.82, 2.24) is 9.80 Å². The van der Waals surface area contributed by atoms with Crippen LogP contribution >= 0.6 is 0 Å². The van der Waals surface area contributed by atoms with Gasteiger partial charge < -0.3 is 14.1 Å². The van der Waals surface area contributed by atoms with Crippen molar-refractivity contribution >= 4 is 12.0 Å². The van der Waals surface area contributed by atoms with Crippen LogP contribution in [0.15, 0.2) is 53.2 Å². The van der Waals surface area contributed by atoms with E-state index in [0.29, 0.717) is 17.6 Å². The number of likely N-dealkylation sites (tertiary alicyclic amines) is 2. The number of hydrogen-bond acceptors (Lipinski definition) is 4. The van der Waals surface area contributed by atoms with E-state index in [0.717, 1.165) is 51.9 Å². The fraction of sp³-hybridized carbons (Fsp3) is 0.435. The molecule has 0 unspecified atom stereocenters. The van der Waals surface area contributed by atoms with Crippen molar-refractivity contribution < 1.29 is 18.3 Å². The molecule has 2 aliphatic heterocycles. The van der Waals surface area contributed by atoms with Gasteiger partial charge in [0.15, 0.2) is 11.6 Å². The van der Waals surface area contributed by atoms with Gasteiger partial charge in [-0.25, -0.2) is 4.39 Å². The normalized spacial score (nSPS) is 19.7. The van der Waals surface area contributed by atoms with Gasteiger partial charge in [-0.3, -0.25) is 9.69 Å². The Morgan fingerprint density at radius 2 is 1.79 bits per heavy atom. The summed E-state index contributed by atoms with van der Waals surface area (Å²) >= 11 is 0. The number of rotatable bonds is 5. The minimum atomic E-state index is -0.298. The lowest BCUT2D eigenvalue weighted by Gasteiger charge is -2.41. The molecule has 154 valence electrons. The molecule has 6 heteroatoms. The summed E-state index contributed by atoms with van der Waals surface area (Å²) in [5, 5.41) is 0. The maximum atomic E-state index is 13.8. The van der Waals surface area contributed by atoms with E-state index in [2.05, 4.69) is 4.90 Å². The quantitative estimate of drug-likeness (QED) is 0.715. The number of amides is 1. The highest BCUT2D eigenvalue weighted by Gasteiger charge is 2.30. The Balaban J connectivity index is 1.21. The molecular formula is C23H27FN2O3. The highest BCUT2D eigenvalue weighted by Crippen LogP contribution is 2.25. The molecule has 2 aromatic rings. The molecule has 1 aromatic heterocycles. The predicted octanol–water partition coefficient (Wildman–Crippen LogP) is 3.97. The first-order valence-electron chi connectivity index (χ1n) is 10.3. The topological polar surface area (TPSA) is 45.9 Å². The molecule has 4 rings (SSSR count). The lowest BCUT2D eigenvalue weighted by atomic mass is 9.98. The average Bonchev–Trinajstić information content (AvgIpc) is 3.28. The molecule has 2 aliphatic rings. The van der Waals surface area contributed by atoms with Crippen LogP contribution in [0.25, 0.3) is 6.08 Å². The zero-order valence-corrected chi connectivity index (χ0v) is 16.5. The number of para-hydroxylation sites is 1. The van der Waals surface area contributed by atoms with E-state index in [-0.39, 0.29) is 17.8 Å². The first kappa shape index (κ1) is 19.7. The van der Waals surface area contributed by atoms with Crippen molar-refractivity contribution in [3.63, 3.8) is 0 Å². The Morgan fingerprint density at radius 1 is 1.03 bits per heavy atom. The molecule has 0 aliphatic carbocycles. The number of piperidine rings is 2. The Kier molecular flexibility index (Phi) is 6.30. The second-order valence-electron chi connectivity index (χ2n) is 7.69. The molecule has 1 aromatic carbocycles. The molecule has 5 nitrogen and oxygen atoms in total. The SMILES string of the molecule is O=C(/C=C/c1ccco1)N1CCC(N2CCC(Oc3ccccc3F)CC2)CC1. The number of furan rings is 1. The van der Waals surface area contributed by atoms with Crippen LogP contribution in [0.3, 0.4) is 0 Å². The van der Waals surface area contributed by atoms with Gasteiger partial charge in [0, 0.05) is 38.3 Å². The summed E-state index contributed by atoms with van der Waals surface area (Å²) in [5.41, 5.74) is 0. The highest BCUT2D eigenvalue weighted by molar-refractivity contribution is 5.91. The van der Waals surface area contributed by atoms with E-state index in [1.165, 1.54) is 6.07 Å². The number of carbonyl (C=O) groups is 1. The van der Waals surface area contributed by atoms with E-state index < -0.39 is 0 Å². The molecule has 0 N–H and O–H groups in total. The standard InChI is InChI=1S/C23H27FN2O3/c24-21-5-1-2-6-22(21)29-20-11-15-25(16-12-20)18-9-13-26(14-10-18)23(27)8-7-19-4-3-17-28-19/h1-8,17-18,20H,9-16H2/b8-7+. The summed E-state index contributed by atoms with van der Waals surface area (Å²) in [7, 11) is 0. The Bertz CT molecular complexity index is 820. The Labute approximate surface area is 170 Å². The summed E-state index contributed by atoms with van der Waals surface area (Å²) in [4.78, 5) is 16.8. The van der Waals surface area contributed by atoms with Crippen LogP contribution in [-0.4, -0.2) is 54.0 Å². The van der Waals surface area contributed by atoms with Crippen molar-refractivity contribution in [3.8, 4) is 5.75 Å². The largest absolute Gasteiger partial charge is 0.487 e. The van der Waals surface area contributed by atoms with Gasteiger partial charge in [-0.2, -0.15) is 0 Å². The second kappa shape index (κ2) is 9.27. The van der Waals surface area contributed by atoms with Gasteiger partial charge in [-0.15, -0.1) is 0 Å². The molecule has 0 radical (unpaired) electrons. The van der Waals surface area contributed by atoms with Crippen LogP contribution < -0.4 is 4.74 Å². The Morgan fingerprint density at radius 3 is 2.48 bits per heavy atom. The van der Waals surface area contributed by atoms with E-state index in [1.54, 1.807) is 42.7 Å². The second-order valence-corrected chi connectivity index (χ2v) is 7.69. The number of ether oxygens (including phenoxy) is 1. The molecule has 2 fully saturated rings. The van der Waals surface area contributed by atoms with E-state index in [1.807, 2.05) is 11.0 Å². The maximum absolute atomic E-state index is 13.8. The number of carbonyl (C=O) groups excluding carboxylic acids is 1. The number of halogens is 1. The van der Waals surface area contributed by atoms with Gasteiger partial charge in [0.1, 0.15) is 11.9 Å². The minimum absolute atomic E-state index is 0.0387. The van der Waals surface area contributed by atoms with Crippen LogP contribution in [0.2, 0.25) is 0 Å². The third kappa shape index (κ3) is 5.07. The number of benzene rings is 1. The zero-order valence-electron chi connectivity index (χ0n) is 16.5. The van der Waals surface area contributed by atoms with Gasteiger partial charge in [0.25, 0.3) is 0 Å². The van der Waals surface area contributed by atoms with E-state index >= 15 is 0 Å². The van der Waals surface area contributed by atoms with Gasteiger partial charge in [-0.1, -0.05) is 12.1 Å². The first-order chi connectivity index (χ1) is 14.2. The molecule has 1 amide bonds. The molecule has 0 spiro atoms. The van der Waals surface area contributed by atoms with Crippen molar-refractivity contribution in [2.75, 3.05) is 26.2 Å². The fourth-order valence-corrected chi connectivity index (χ4v) is 4.17. The van der Waals surface area contributed by atoms with Crippen molar-refractivity contribution in [2.24, 2.45) is 0 Å². The smallest absolute Gasteiger partial charge is 0.246 e. The fourth-order valence-electron chi connectivity index (χ4n) is 4.17. The van der Waals surface area contributed by atoms with Crippen molar-refractivity contribution in [1.29, 1.82) is 0 Å². The van der Waals surface area contributed by atoms with Crippen molar-refractivity contribution in [3.05, 3.63) is 60.3 Å². The summed E-state index contributed by atoms with van der Waals surface area (Å²) in [5.74, 6) is 0.777. The van der Waals surface area contributed by atoms with Crippen LogP contribution in [0, 0.1) is 5.82 Å². The van der Waals surface area contributed by atoms with Crippen LogP contribution in [0.4, 0.5) is 4.39 Å². The summed E-state index contributed by atoms with van der Waals surface area (Å²) in [6, 6.07) is 10.7. The van der Waals surface area contributed by atoms with Crippen LogP contribution in [0.1, 0.15) is 31.4 Å².